The number of nitrogens with one attached hydrogen (secondary N) is 1. The quantitative estimate of drug-likeness (QED) is 0.820. The van der Waals surface area contributed by atoms with Crippen LogP contribution in [0.3, 0.4) is 0 Å². The van der Waals surface area contributed by atoms with E-state index in [2.05, 4.69) is 15.5 Å². The molecule has 1 fully saturated rings. The largest absolute Gasteiger partial charge is 0.495 e. The van der Waals surface area contributed by atoms with Crippen molar-refractivity contribution in [2.45, 2.75) is 24.0 Å². The third kappa shape index (κ3) is 3.53. The molecule has 1 N–H and O–H groups in total. The molecule has 8 heteroatoms. The molecule has 3 rings (SSSR count). The van der Waals surface area contributed by atoms with Crippen LogP contribution in [0.25, 0.3) is 0 Å². The summed E-state index contributed by atoms with van der Waals surface area (Å²) < 4.78 is 7.11. The van der Waals surface area contributed by atoms with Crippen molar-refractivity contribution in [1.29, 1.82) is 0 Å². The molecule has 1 amide bonds. The number of aromatic nitrogens is 3. The summed E-state index contributed by atoms with van der Waals surface area (Å²) in [6, 6.07) is 5.63. The van der Waals surface area contributed by atoms with Crippen LogP contribution in [0.4, 0.5) is 5.69 Å². The van der Waals surface area contributed by atoms with Crippen LogP contribution in [0.1, 0.15) is 18.9 Å². The molecular weight excluding hydrogens is 324 g/mol. The molecule has 0 saturated heterocycles. The lowest BCUT2D eigenvalue weighted by atomic mass is 10.3. The van der Waals surface area contributed by atoms with Gasteiger partial charge in [-0.1, -0.05) is 23.4 Å². The maximum Gasteiger partial charge on any atom is 0.234 e. The van der Waals surface area contributed by atoms with Crippen LogP contribution in [0.5, 0.6) is 5.75 Å². The molecule has 0 spiro atoms. The molecule has 0 bridgehead atoms. The van der Waals surface area contributed by atoms with Gasteiger partial charge in [-0.15, -0.1) is 10.2 Å². The number of benzene rings is 1. The zero-order chi connectivity index (χ0) is 15.5. The second kappa shape index (κ2) is 6.58. The van der Waals surface area contributed by atoms with Crippen molar-refractivity contribution in [3.8, 4) is 5.75 Å². The molecule has 22 heavy (non-hydrogen) atoms. The van der Waals surface area contributed by atoms with Crippen LogP contribution < -0.4 is 10.1 Å². The van der Waals surface area contributed by atoms with Gasteiger partial charge in [0.2, 0.25) is 5.91 Å². The topological polar surface area (TPSA) is 69.0 Å². The van der Waals surface area contributed by atoms with E-state index in [9.17, 15) is 4.79 Å². The van der Waals surface area contributed by atoms with E-state index in [0.717, 1.165) is 18.0 Å². The first-order valence-electron chi connectivity index (χ1n) is 6.83. The van der Waals surface area contributed by atoms with Gasteiger partial charge in [0.1, 0.15) is 12.1 Å². The molecule has 1 aromatic heterocycles. The average Bonchev–Trinajstić information content (AvgIpc) is 3.24. The Morgan fingerprint density at radius 1 is 1.55 bits per heavy atom. The third-order valence-corrected chi connectivity index (χ3v) is 4.50. The van der Waals surface area contributed by atoms with Crippen molar-refractivity contribution in [2.75, 3.05) is 18.2 Å². The zero-order valence-corrected chi connectivity index (χ0v) is 13.5. The lowest BCUT2D eigenvalue weighted by Gasteiger charge is -2.08. The fourth-order valence-electron chi connectivity index (χ4n) is 2.01. The first kappa shape index (κ1) is 15.2. The van der Waals surface area contributed by atoms with E-state index in [1.54, 1.807) is 31.6 Å². The summed E-state index contributed by atoms with van der Waals surface area (Å²) in [5, 5.41) is 12.0. The number of ether oxygens (including phenoxy) is 1. The maximum atomic E-state index is 12.0. The molecule has 2 aromatic rings. The number of halogens is 1. The minimum absolute atomic E-state index is 0.114. The summed E-state index contributed by atoms with van der Waals surface area (Å²) in [4.78, 5) is 12.0. The molecule has 6 nitrogen and oxygen atoms in total. The SMILES string of the molecule is COc1ccc(NC(=O)CSc2nncn2C2CC2)cc1Cl. The van der Waals surface area contributed by atoms with Crippen LogP contribution in [0.15, 0.2) is 29.7 Å². The molecule has 1 saturated carbocycles. The summed E-state index contributed by atoms with van der Waals surface area (Å²) in [5.74, 6) is 0.734. The van der Waals surface area contributed by atoms with Gasteiger partial charge in [0.05, 0.1) is 17.9 Å². The summed E-state index contributed by atoms with van der Waals surface area (Å²) in [5.41, 5.74) is 0.639. The fourth-order valence-corrected chi connectivity index (χ4v) is 3.05. The number of carbonyl (C=O) groups is 1. The van der Waals surface area contributed by atoms with E-state index in [4.69, 9.17) is 16.3 Å². The summed E-state index contributed by atoms with van der Waals surface area (Å²) in [7, 11) is 1.55. The lowest BCUT2D eigenvalue weighted by molar-refractivity contribution is -0.113. The highest BCUT2D eigenvalue weighted by atomic mass is 35.5. The van der Waals surface area contributed by atoms with E-state index >= 15 is 0 Å². The Bertz CT molecular complexity index is 687. The van der Waals surface area contributed by atoms with Crippen LogP contribution in [-0.2, 0) is 4.79 Å². The molecule has 116 valence electrons. The van der Waals surface area contributed by atoms with E-state index in [-0.39, 0.29) is 11.7 Å². The number of carbonyl (C=O) groups excluding carboxylic acids is 1. The Hall–Kier alpha value is -1.73. The van der Waals surface area contributed by atoms with Gasteiger partial charge in [-0.25, -0.2) is 0 Å². The summed E-state index contributed by atoms with van der Waals surface area (Å²) >= 11 is 7.41. The van der Waals surface area contributed by atoms with Crippen molar-refractivity contribution < 1.29 is 9.53 Å². The van der Waals surface area contributed by atoms with Crippen molar-refractivity contribution >= 4 is 35.0 Å². The average molecular weight is 339 g/mol. The lowest BCUT2D eigenvalue weighted by Crippen LogP contribution is -2.14. The summed E-state index contributed by atoms with van der Waals surface area (Å²) in [6.45, 7) is 0. The van der Waals surface area contributed by atoms with Crippen LogP contribution in [-0.4, -0.2) is 33.5 Å². The maximum absolute atomic E-state index is 12.0. The molecule has 1 heterocycles. The van der Waals surface area contributed by atoms with Crippen molar-refractivity contribution in [3.63, 3.8) is 0 Å². The van der Waals surface area contributed by atoms with Gasteiger partial charge in [0.15, 0.2) is 5.16 Å². The smallest absolute Gasteiger partial charge is 0.234 e. The van der Waals surface area contributed by atoms with E-state index in [0.29, 0.717) is 22.5 Å². The van der Waals surface area contributed by atoms with Gasteiger partial charge < -0.3 is 14.6 Å². The van der Waals surface area contributed by atoms with Crippen molar-refractivity contribution in [2.24, 2.45) is 0 Å². The monoisotopic (exact) mass is 338 g/mol. The van der Waals surface area contributed by atoms with Gasteiger partial charge in [-0.05, 0) is 31.0 Å². The Morgan fingerprint density at radius 2 is 2.36 bits per heavy atom. The molecule has 0 unspecified atom stereocenters. The van der Waals surface area contributed by atoms with Gasteiger partial charge >= 0.3 is 0 Å². The molecule has 1 aliphatic rings. The van der Waals surface area contributed by atoms with Gasteiger partial charge in [-0.2, -0.15) is 0 Å². The number of methoxy groups -OCH3 is 1. The van der Waals surface area contributed by atoms with Crippen molar-refractivity contribution in [3.05, 3.63) is 29.5 Å². The number of hydrogen-bond acceptors (Lipinski definition) is 5. The van der Waals surface area contributed by atoms with Crippen LogP contribution in [0.2, 0.25) is 5.02 Å². The fraction of sp³-hybridized carbons (Fsp3) is 0.357. The molecular formula is C14H15ClN4O2S. The molecule has 0 atom stereocenters. The molecule has 1 aromatic carbocycles. The first-order valence-corrected chi connectivity index (χ1v) is 8.19. The van der Waals surface area contributed by atoms with Gasteiger partial charge in [0.25, 0.3) is 0 Å². The molecule has 0 aliphatic heterocycles. The highest BCUT2D eigenvalue weighted by Gasteiger charge is 2.26. The predicted molar refractivity (Wildman–Crippen MR) is 85.7 cm³/mol. The van der Waals surface area contributed by atoms with Gasteiger partial charge in [0, 0.05) is 11.7 Å². The van der Waals surface area contributed by atoms with Crippen LogP contribution in [0, 0.1) is 0 Å². The highest BCUT2D eigenvalue weighted by molar-refractivity contribution is 7.99. The van der Waals surface area contributed by atoms with E-state index in [1.165, 1.54) is 11.8 Å². The second-order valence-corrected chi connectivity index (χ2v) is 6.29. The predicted octanol–water partition coefficient (Wildman–Crippen LogP) is 3.01. The molecule has 1 aliphatic carbocycles. The normalized spacial score (nSPS) is 13.9. The zero-order valence-electron chi connectivity index (χ0n) is 12.0. The number of rotatable bonds is 6. The Balaban J connectivity index is 1.56. The second-order valence-electron chi connectivity index (χ2n) is 4.94. The Morgan fingerprint density at radius 3 is 3.05 bits per heavy atom. The number of thioether (sulfide) groups is 1. The van der Waals surface area contributed by atoms with Crippen LogP contribution >= 0.6 is 23.4 Å². The minimum Gasteiger partial charge on any atom is -0.495 e. The van der Waals surface area contributed by atoms with E-state index < -0.39 is 0 Å². The summed E-state index contributed by atoms with van der Waals surface area (Å²) in [6.07, 6.45) is 4.03. The minimum atomic E-state index is -0.114. The van der Waals surface area contributed by atoms with E-state index in [1.807, 2.05) is 4.57 Å². The van der Waals surface area contributed by atoms with Crippen molar-refractivity contribution in [1.82, 2.24) is 14.8 Å². The number of hydrogen-bond donors (Lipinski definition) is 1. The number of nitrogens with zero attached hydrogens (tertiary/aromatic N) is 3. The number of anilines is 1. The Kier molecular flexibility index (Phi) is 4.54. The highest BCUT2D eigenvalue weighted by Crippen LogP contribution is 2.37. The third-order valence-electron chi connectivity index (χ3n) is 3.25. The number of amides is 1. The first-order chi connectivity index (χ1) is 10.7. The molecule has 0 radical (unpaired) electrons. The Labute approximate surface area is 137 Å². The standard InChI is InChI=1S/C14H15ClN4O2S/c1-21-12-5-2-9(6-11(12)15)17-13(20)7-22-14-18-16-8-19(14)10-3-4-10/h2,5-6,8,10H,3-4,7H2,1H3,(H,17,20). The van der Waals surface area contributed by atoms with Gasteiger partial charge in [-0.3, -0.25) is 4.79 Å².